The maximum atomic E-state index is 12.2. The predicted octanol–water partition coefficient (Wildman–Crippen LogP) is 2.52. The van der Waals surface area contributed by atoms with Gasteiger partial charge in [0.05, 0.1) is 5.41 Å². The summed E-state index contributed by atoms with van der Waals surface area (Å²) < 4.78 is 0. The molecule has 4 heteroatoms. The summed E-state index contributed by atoms with van der Waals surface area (Å²) in [6.45, 7) is 2.46. The molecule has 1 fully saturated rings. The van der Waals surface area contributed by atoms with Crippen molar-refractivity contribution in [2.24, 2.45) is 11.1 Å². The highest BCUT2D eigenvalue weighted by atomic mass is 35.5. The van der Waals surface area contributed by atoms with Crippen LogP contribution in [0.15, 0.2) is 24.3 Å². The summed E-state index contributed by atoms with van der Waals surface area (Å²) in [5.74, 6) is 0.107. The first-order valence-corrected chi connectivity index (χ1v) is 7.19. The first kappa shape index (κ1) is 14.4. The maximum Gasteiger partial charge on any atom is 0.227 e. The summed E-state index contributed by atoms with van der Waals surface area (Å²) >= 11 is 5.96. The molecular weight excluding hydrogens is 260 g/mol. The van der Waals surface area contributed by atoms with Crippen LogP contribution in [0.4, 0.5) is 0 Å². The van der Waals surface area contributed by atoms with E-state index in [1.54, 1.807) is 0 Å². The van der Waals surface area contributed by atoms with E-state index in [1.807, 2.05) is 31.2 Å². The van der Waals surface area contributed by atoms with Gasteiger partial charge >= 0.3 is 0 Å². The Balaban J connectivity index is 1.91. The lowest BCUT2D eigenvalue weighted by Crippen LogP contribution is -2.52. The number of rotatable bonds is 5. The molecule has 0 saturated heterocycles. The topological polar surface area (TPSA) is 55.1 Å². The van der Waals surface area contributed by atoms with Crippen molar-refractivity contribution in [3.8, 4) is 0 Å². The average Bonchev–Trinajstić information content (AvgIpc) is 2.27. The number of nitrogens with two attached hydrogens (primary N) is 1. The van der Waals surface area contributed by atoms with E-state index in [2.05, 4.69) is 5.32 Å². The minimum atomic E-state index is -0.303. The maximum absolute atomic E-state index is 12.2. The molecule has 1 atom stereocenters. The van der Waals surface area contributed by atoms with Crippen LogP contribution >= 0.6 is 11.6 Å². The number of carbonyl (C=O) groups is 1. The summed E-state index contributed by atoms with van der Waals surface area (Å²) in [6.07, 6.45) is 3.72. The molecular formula is C15H21ClN2O. The molecule has 0 aromatic heterocycles. The highest BCUT2D eigenvalue weighted by Gasteiger charge is 2.42. The third kappa shape index (κ3) is 3.28. The fourth-order valence-electron chi connectivity index (χ4n) is 2.57. The van der Waals surface area contributed by atoms with Gasteiger partial charge in [-0.25, -0.2) is 0 Å². The van der Waals surface area contributed by atoms with Crippen LogP contribution in [0.25, 0.3) is 0 Å². The van der Waals surface area contributed by atoms with E-state index in [0.717, 1.165) is 36.3 Å². The van der Waals surface area contributed by atoms with Gasteiger partial charge in [0.1, 0.15) is 0 Å². The summed E-state index contributed by atoms with van der Waals surface area (Å²) in [7, 11) is 0. The van der Waals surface area contributed by atoms with Crippen LogP contribution in [0.2, 0.25) is 5.02 Å². The van der Waals surface area contributed by atoms with Crippen LogP contribution in [0, 0.1) is 5.41 Å². The predicted molar refractivity (Wildman–Crippen MR) is 78.1 cm³/mol. The Morgan fingerprint density at radius 1 is 1.53 bits per heavy atom. The first-order chi connectivity index (χ1) is 9.05. The SMILES string of the molecule is CC(Cc1cccc(Cl)c1)NC(=O)C1(CN)CCC1. The third-order valence-electron chi connectivity index (χ3n) is 3.99. The van der Waals surface area contributed by atoms with E-state index >= 15 is 0 Å². The van der Waals surface area contributed by atoms with Crippen LogP contribution in [0.3, 0.4) is 0 Å². The second-order valence-electron chi connectivity index (χ2n) is 5.55. The van der Waals surface area contributed by atoms with Gasteiger partial charge in [0.15, 0.2) is 0 Å². The number of hydrogen-bond acceptors (Lipinski definition) is 2. The molecule has 1 aromatic rings. The van der Waals surface area contributed by atoms with Gasteiger partial charge in [-0.2, -0.15) is 0 Å². The van der Waals surface area contributed by atoms with Gasteiger partial charge in [-0.3, -0.25) is 4.79 Å². The molecule has 2 rings (SSSR count). The van der Waals surface area contributed by atoms with Crippen molar-refractivity contribution in [1.29, 1.82) is 0 Å². The molecule has 0 aliphatic heterocycles. The van der Waals surface area contributed by atoms with Crippen LogP contribution in [-0.4, -0.2) is 18.5 Å². The molecule has 1 saturated carbocycles. The summed E-state index contributed by atoms with van der Waals surface area (Å²) in [4.78, 5) is 12.2. The molecule has 1 aliphatic carbocycles. The summed E-state index contributed by atoms with van der Waals surface area (Å²) in [5.41, 5.74) is 6.57. The fraction of sp³-hybridized carbons (Fsp3) is 0.533. The highest BCUT2D eigenvalue weighted by molar-refractivity contribution is 6.30. The van der Waals surface area contributed by atoms with Crippen molar-refractivity contribution in [2.75, 3.05) is 6.54 Å². The van der Waals surface area contributed by atoms with Gasteiger partial charge in [-0.15, -0.1) is 0 Å². The van der Waals surface area contributed by atoms with Crippen molar-refractivity contribution >= 4 is 17.5 Å². The number of nitrogens with one attached hydrogen (secondary N) is 1. The Kier molecular flexibility index (Phi) is 4.48. The van der Waals surface area contributed by atoms with Gasteiger partial charge < -0.3 is 11.1 Å². The number of benzene rings is 1. The summed E-state index contributed by atoms with van der Waals surface area (Å²) in [6, 6.07) is 7.84. The molecule has 3 nitrogen and oxygen atoms in total. The number of amides is 1. The minimum absolute atomic E-state index is 0.0926. The lowest BCUT2D eigenvalue weighted by Gasteiger charge is -2.39. The Morgan fingerprint density at radius 2 is 2.26 bits per heavy atom. The standard InChI is InChI=1S/C15H21ClN2O/c1-11(8-12-4-2-5-13(16)9-12)18-14(19)15(10-17)6-3-7-15/h2,4-5,9,11H,3,6-8,10,17H2,1H3,(H,18,19). The van der Waals surface area contributed by atoms with E-state index in [9.17, 15) is 4.79 Å². The zero-order valence-corrected chi connectivity index (χ0v) is 12.0. The Hall–Kier alpha value is -1.06. The molecule has 0 heterocycles. The largest absolute Gasteiger partial charge is 0.353 e. The van der Waals surface area contributed by atoms with Crippen LogP contribution in [0.1, 0.15) is 31.7 Å². The molecule has 0 bridgehead atoms. The Labute approximate surface area is 119 Å². The second kappa shape index (κ2) is 5.93. The lowest BCUT2D eigenvalue weighted by atomic mass is 9.68. The van der Waals surface area contributed by atoms with Crippen LogP contribution < -0.4 is 11.1 Å². The first-order valence-electron chi connectivity index (χ1n) is 6.81. The summed E-state index contributed by atoms with van der Waals surface area (Å²) in [5, 5.41) is 3.81. The van der Waals surface area contributed by atoms with Gasteiger partial charge in [-0.1, -0.05) is 30.2 Å². The molecule has 1 aliphatic rings. The highest BCUT2D eigenvalue weighted by Crippen LogP contribution is 2.40. The minimum Gasteiger partial charge on any atom is -0.353 e. The number of carbonyl (C=O) groups excluding carboxylic acids is 1. The molecule has 1 unspecified atom stereocenters. The second-order valence-corrected chi connectivity index (χ2v) is 5.98. The van der Waals surface area contributed by atoms with E-state index in [4.69, 9.17) is 17.3 Å². The van der Waals surface area contributed by atoms with Crippen molar-refractivity contribution in [2.45, 2.75) is 38.6 Å². The fourth-order valence-corrected chi connectivity index (χ4v) is 2.79. The Morgan fingerprint density at radius 3 is 2.79 bits per heavy atom. The Bertz CT molecular complexity index is 452. The molecule has 104 valence electrons. The molecule has 0 spiro atoms. The van der Waals surface area contributed by atoms with Gasteiger partial charge in [0, 0.05) is 17.6 Å². The lowest BCUT2D eigenvalue weighted by molar-refractivity contribution is -0.135. The monoisotopic (exact) mass is 280 g/mol. The normalized spacial score (nSPS) is 18.5. The van der Waals surface area contributed by atoms with Crippen molar-refractivity contribution in [1.82, 2.24) is 5.32 Å². The van der Waals surface area contributed by atoms with Gasteiger partial charge in [-0.05, 0) is 43.9 Å². The number of hydrogen-bond donors (Lipinski definition) is 2. The van der Waals surface area contributed by atoms with Crippen LogP contribution in [-0.2, 0) is 11.2 Å². The van der Waals surface area contributed by atoms with Gasteiger partial charge in [0.25, 0.3) is 0 Å². The zero-order valence-electron chi connectivity index (χ0n) is 11.3. The van der Waals surface area contributed by atoms with E-state index < -0.39 is 0 Å². The number of halogens is 1. The van der Waals surface area contributed by atoms with E-state index in [0.29, 0.717) is 6.54 Å². The van der Waals surface area contributed by atoms with E-state index in [1.165, 1.54) is 0 Å². The molecule has 1 aromatic carbocycles. The molecule has 1 amide bonds. The van der Waals surface area contributed by atoms with Crippen molar-refractivity contribution in [3.63, 3.8) is 0 Å². The molecule has 0 radical (unpaired) electrons. The van der Waals surface area contributed by atoms with Crippen molar-refractivity contribution in [3.05, 3.63) is 34.9 Å². The van der Waals surface area contributed by atoms with E-state index in [-0.39, 0.29) is 17.4 Å². The van der Waals surface area contributed by atoms with Crippen molar-refractivity contribution < 1.29 is 4.79 Å². The van der Waals surface area contributed by atoms with Gasteiger partial charge in [0.2, 0.25) is 5.91 Å². The third-order valence-corrected chi connectivity index (χ3v) is 4.23. The molecule has 3 N–H and O–H groups in total. The van der Waals surface area contributed by atoms with Crippen LogP contribution in [0.5, 0.6) is 0 Å². The zero-order chi connectivity index (χ0) is 13.9. The molecule has 19 heavy (non-hydrogen) atoms. The smallest absolute Gasteiger partial charge is 0.227 e. The quantitative estimate of drug-likeness (QED) is 0.871. The average molecular weight is 281 g/mol.